The smallest absolute Gasteiger partial charge is 0.251 e. The Morgan fingerprint density at radius 2 is 1.91 bits per heavy atom. The number of rotatable bonds is 8. The van der Waals surface area contributed by atoms with Gasteiger partial charge in [-0.1, -0.05) is 12.1 Å². The second-order valence-electron chi connectivity index (χ2n) is 8.64. The van der Waals surface area contributed by atoms with Crippen LogP contribution in [0.1, 0.15) is 42.6 Å². The number of benzene rings is 2. The summed E-state index contributed by atoms with van der Waals surface area (Å²) in [5.74, 6) is -0.427. The van der Waals surface area contributed by atoms with Crippen molar-refractivity contribution in [2.45, 2.75) is 50.2 Å². The summed E-state index contributed by atoms with van der Waals surface area (Å²) in [5, 5.41) is 3.02. The van der Waals surface area contributed by atoms with Crippen molar-refractivity contribution < 1.29 is 22.3 Å². The first kappa shape index (κ1) is 25.1. The molecule has 0 aromatic heterocycles. The molecule has 0 bridgehead atoms. The third-order valence-corrected chi connectivity index (χ3v) is 8.08. The fraction of sp³-hybridized carbons (Fsp3) is 0.458. The highest BCUT2D eigenvalue weighted by atomic mass is 32.2. The largest absolute Gasteiger partial charge is 0.494 e. The number of carbonyl (C=O) groups is 1. The van der Waals surface area contributed by atoms with Crippen molar-refractivity contribution in [1.29, 1.82) is 0 Å². The first-order chi connectivity index (χ1) is 15.6. The summed E-state index contributed by atoms with van der Waals surface area (Å²) < 4.78 is 45.7. The van der Waals surface area contributed by atoms with Crippen molar-refractivity contribution in [3.63, 3.8) is 0 Å². The molecule has 0 spiro atoms. The number of ether oxygens (including phenoxy) is 1. The van der Waals surface area contributed by atoms with Gasteiger partial charge in [0.1, 0.15) is 0 Å². The quantitative estimate of drug-likeness (QED) is 0.632. The summed E-state index contributed by atoms with van der Waals surface area (Å²) in [5.41, 5.74) is 1.20. The van der Waals surface area contributed by atoms with Gasteiger partial charge in [0.15, 0.2) is 11.6 Å². The molecular formula is C24H32FN3O4S. The SMILES string of the molecule is COc1ccc(CN2CCC(NC(=O)c3cccc(S(=O)(=O)N(C)C(C)C)c3)CC2)cc1F. The maximum Gasteiger partial charge on any atom is 0.251 e. The Kier molecular flexibility index (Phi) is 8.10. The van der Waals surface area contributed by atoms with Gasteiger partial charge in [0, 0.05) is 44.3 Å². The molecule has 33 heavy (non-hydrogen) atoms. The number of amides is 1. The number of piperidine rings is 1. The molecule has 1 aliphatic rings. The molecule has 0 radical (unpaired) electrons. The van der Waals surface area contributed by atoms with Crippen LogP contribution in [0.3, 0.4) is 0 Å². The van der Waals surface area contributed by atoms with Gasteiger partial charge in [-0.2, -0.15) is 4.31 Å². The Morgan fingerprint density at radius 3 is 2.52 bits per heavy atom. The van der Waals surface area contributed by atoms with Crippen LogP contribution in [-0.4, -0.2) is 62.9 Å². The summed E-state index contributed by atoms with van der Waals surface area (Å²) in [7, 11) is -0.690. The Labute approximate surface area is 195 Å². The minimum Gasteiger partial charge on any atom is -0.494 e. The highest BCUT2D eigenvalue weighted by Crippen LogP contribution is 2.21. The molecule has 1 amide bonds. The normalized spacial score (nSPS) is 15.7. The van der Waals surface area contributed by atoms with Crippen molar-refractivity contribution in [2.24, 2.45) is 0 Å². The Morgan fingerprint density at radius 1 is 1.21 bits per heavy atom. The summed E-state index contributed by atoms with van der Waals surface area (Å²) in [6.07, 6.45) is 1.52. The summed E-state index contributed by atoms with van der Waals surface area (Å²) in [4.78, 5) is 15.1. The fourth-order valence-corrected chi connectivity index (χ4v) is 5.23. The van der Waals surface area contributed by atoms with Crippen LogP contribution in [0.25, 0.3) is 0 Å². The number of hydrogen-bond donors (Lipinski definition) is 1. The summed E-state index contributed by atoms with van der Waals surface area (Å²) in [6, 6.07) is 10.9. The van der Waals surface area contributed by atoms with Gasteiger partial charge in [-0.3, -0.25) is 9.69 Å². The zero-order chi connectivity index (χ0) is 24.2. The number of halogens is 1. The molecule has 1 saturated heterocycles. The molecule has 1 N–H and O–H groups in total. The number of likely N-dealkylation sites (tertiary alicyclic amines) is 1. The first-order valence-electron chi connectivity index (χ1n) is 11.1. The zero-order valence-corrected chi connectivity index (χ0v) is 20.4. The molecule has 2 aromatic carbocycles. The van der Waals surface area contributed by atoms with E-state index < -0.39 is 10.0 Å². The first-order valence-corrected chi connectivity index (χ1v) is 12.5. The molecule has 1 aliphatic heterocycles. The van der Waals surface area contributed by atoms with E-state index in [0.717, 1.165) is 31.5 Å². The molecule has 3 rings (SSSR count). The van der Waals surface area contributed by atoms with E-state index in [1.54, 1.807) is 32.0 Å². The topological polar surface area (TPSA) is 79.0 Å². The molecule has 0 saturated carbocycles. The highest BCUT2D eigenvalue weighted by Gasteiger charge is 2.25. The maximum atomic E-state index is 13.9. The number of hydrogen-bond acceptors (Lipinski definition) is 5. The molecule has 0 unspecified atom stereocenters. The van der Waals surface area contributed by atoms with E-state index in [1.165, 1.54) is 36.7 Å². The highest BCUT2D eigenvalue weighted by molar-refractivity contribution is 7.89. The number of nitrogens with zero attached hydrogens (tertiary/aromatic N) is 2. The Balaban J connectivity index is 1.57. The molecule has 0 aliphatic carbocycles. The van der Waals surface area contributed by atoms with Gasteiger partial charge in [-0.25, -0.2) is 12.8 Å². The number of carbonyl (C=O) groups excluding carboxylic acids is 1. The van der Waals surface area contributed by atoms with Crippen LogP contribution in [0, 0.1) is 5.82 Å². The van der Waals surface area contributed by atoms with E-state index in [9.17, 15) is 17.6 Å². The van der Waals surface area contributed by atoms with Crippen LogP contribution < -0.4 is 10.1 Å². The monoisotopic (exact) mass is 477 g/mol. The van der Waals surface area contributed by atoms with Gasteiger partial charge in [0.05, 0.1) is 12.0 Å². The van der Waals surface area contributed by atoms with E-state index in [1.807, 2.05) is 6.07 Å². The zero-order valence-electron chi connectivity index (χ0n) is 19.5. The van der Waals surface area contributed by atoms with Gasteiger partial charge < -0.3 is 10.1 Å². The lowest BCUT2D eigenvalue weighted by Crippen LogP contribution is -2.44. The third kappa shape index (κ3) is 6.10. The molecule has 180 valence electrons. The van der Waals surface area contributed by atoms with Crippen LogP contribution in [0.15, 0.2) is 47.4 Å². The summed E-state index contributed by atoms with van der Waals surface area (Å²) >= 11 is 0. The van der Waals surface area contributed by atoms with Gasteiger partial charge in [-0.15, -0.1) is 0 Å². The van der Waals surface area contributed by atoms with E-state index in [-0.39, 0.29) is 34.5 Å². The van der Waals surface area contributed by atoms with Gasteiger partial charge >= 0.3 is 0 Å². The van der Waals surface area contributed by atoms with E-state index >= 15 is 0 Å². The van der Waals surface area contributed by atoms with Crippen molar-refractivity contribution in [3.05, 3.63) is 59.4 Å². The van der Waals surface area contributed by atoms with Gasteiger partial charge in [-0.05, 0) is 62.6 Å². The van der Waals surface area contributed by atoms with Crippen molar-refractivity contribution in [1.82, 2.24) is 14.5 Å². The number of sulfonamides is 1. The standard InChI is InChI=1S/C24H32FN3O4S/c1-17(2)27(3)33(30,31)21-7-5-6-19(15-21)24(29)26-20-10-12-28(13-11-20)16-18-8-9-23(32-4)22(25)14-18/h5-9,14-15,17,20H,10-13,16H2,1-4H3,(H,26,29). The average Bonchev–Trinajstić information content (AvgIpc) is 2.80. The molecule has 0 atom stereocenters. The molecule has 1 heterocycles. The van der Waals surface area contributed by atoms with Crippen LogP contribution in [0.2, 0.25) is 0 Å². The predicted molar refractivity (Wildman–Crippen MR) is 125 cm³/mol. The predicted octanol–water partition coefficient (Wildman–Crippen LogP) is 3.26. The molecular weight excluding hydrogens is 445 g/mol. The Hall–Kier alpha value is -2.49. The molecule has 2 aromatic rings. The third-order valence-electron chi connectivity index (χ3n) is 6.05. The second kappa shape index (κ2) is 10.6. The van der Waals surface area contributed by atoms with Crippen LogP contribution in [0.5, 0.6) is 5.75 Å². The summed E-state index contributed by atoms with van der Waals surface area (Å²) in [6.45, 7) is 5.76. The van der Waals surface area contributed by atoms with Gasteiger partial charge in [0.25, 0.3) is 5.91 Å². The van der Waals surface area contributed by atoms with Crippen LogP contribution >= 0.6 is 0 Å². The minimum atomic E-state index is -3.66. The van der Waals surface area contributed by atoms with Crippen molar-refractivity contribution in [3.8, 4) is 5.75 Å². The van der Waals surface area contributed by atoms with Crippen LogP contribution in [0.4, 0.5) is 4.39 Å². The number of methoxy groups -OCH3 is 1. The molecule has 7 nitrogen and oxygen atoms in total. The van der Waals surface area contributed by atoms with Crippen molar-refractivity contribution >= 4 is 15.9 Å². The fourth-order valence-electron chi connectivity index (χ4n) is 3.81. The van der Waals surface area contributed by atoms with Gasteiger partial charge in [0.2, 0.25) is 10.0 Å². The molecule has 9 heteroatoms. The molecule has 1 fully saturated rings. The number of nitrogens with one attached hydrogen (secondary N) is 1. The van der Waals surface area contributed by atoms with Crippen molar-refractivity contribution in [2.75, 3.05) is 27.2 Å². The Bertz CT molecular complexity index is 1080. The minimum absolute atomic E-state index is 0.0000422. The maximum absolute atomic E-state index is 13.9. The second-order valence-corrected chi connectivity index (χ2v) is 10.6. The lowest BCUT2D eigenvalue weighted by molar-refractivity contribution is 0.0908. The lowest BCUT2D eigenvalue weighted by atomic mass is 10.0. The van der Waals surface area contributed by atoms with Crippen LogP contribution in [-0.2, 0) is 16.6 Å². The average molecular weight is 478 g/mol. The van der Waals surface area contributed by atoms with E-state index in [2.05, 4.69) is 10.2 Å². The van der Waals surface area contributed by atoms with E-state index in [0.29, 0.717) is 12.1 Å². The lowest BCUT2D eigenvalue weighted by Gasteiger charge is -2.32. The van der Waals surface area contributed by atoms with E-state index in [4.69, 9.17) is 4.74 Å².